The summed E-state index contributed by atoms with van der Waals surface area (Å²) in [5.41, 5.74) is 2.04. The van der Waals surface area contributed by atoms with Crippen LogP contribution in [0.25, 0.3) is 22.0 Å². The van der Waals surface area contributed by atoms with Gasteiger partial charge in [0, 0.05) is 42.0 Å². The number of piperazine rings is 1. The van der Waals surface area contributed by atoms with Crippen LogP contribution in [0.1, 0.15) is 12.5 Å². The highest BCUT2D eigenvalue weighted by Crippen LogP contribution is 2.32. The number of aromatic nitrogens is 2. The number of ether oxygens (including phenoxy) is 1. The van der Waals surface area contributed by atoms with Crippen molar-refractivity contribution in [3.8, 4) is 17.0 Å². The van der Waals surface area contributed by atoms with Crippen molar-refractivity contribution in [2.45, 2.75) is 25.7 Å². The minimum absolute atomic E-state index is 0. The van der Waals surface area contributed by atoms with Crippen LogP contribution >= 0.6 is 12.4 Å². The maximum Gasteiger partial charge on any atom is 0.573 e. The zero-order valence-corrected chi connectivity index (χ0v) is 21.7. The van der Waals surface area contributed by atoms with Crippen molar-refractivity contribution in [2.75, 3.05) is 24.5 Å². The molecule has 1 amide bonds. The van der Waals surface area contributed by atoms with Gasteiger partial charge >= 0.3 is 6.36 Å². The smallest absolute Gasteiger partial charge is 0.406 e. The number of halogens is 5. The molecule has 0 saturated carbocycles. The van der Waals surface area contributed by atoms with E-state index in [9.17, 15) is 22.4 Å². The maximum atomic E-state index is 13.4. The third-order valence-corrected chi connectivity index (χ3v) is 6.55. The lowest BCUT2D eigenvalue weighted by Gasteiger charge is -2.40. The van der Waals surface area contributed by atoms with Gasteiger partial charge in [-0.25, -0.2) is 4.39 Å². The number of hydrogen-bond acceptors (Lipinski definition) is 5. The van der Waals surface area contributed by atoms with Gasteiger partial charge in [0.2, 0.25) is 5.91 Å². The van der Waals surface area contributed by atoms with E-state index in [0.29, 0.717) is 36.7 Å². The van der Waals surface area contributed by atoms with Gasteiger partial charge in [-0.05, 0) is 48.9 Å². The van der Waals surface area contributed by atoms with Crippen LogP contribution in [-0.2, 0) is 11.2 Å². The largest absolute Gasteiger partial charge is 0.573 e. The molecule has 2 heterocycles. The van der Waals surface area contributed by atoms with Gasteiger partial charge in [0.25, 0.3) is 0 Å². The number of amides is 1. The zero-order valence-electron chi connectivity index (χ0n) is 20.9. The predicted molar refractivity (Wildman–Crippen MR) is 142 cm³/mol. The Balaban J connectivity index is 0.00000353. The molecule has 39 heavy (non-hydrogen) atoms. The second-order valence-electron chi connectivity index (χ2n) is 9.18. The van der Waals surface area contributed by atoms with Crippen molar-refractivity contribution in [1.29, 1.82) is 0 Å². The molecule has 0 bridgehead atoms. The molecule has 1 atom stereocenters. The molecule has 6 nitrogen and oxygen atoms in total. The molecule has 204 valence electrons. The van der Waals surface area contributed by atoms with E-state index < -0.39 is 6.36 Å². The fourth-order valence-electron chi connectivity index (χ4n) is 4.75. The lowest BCUT2D eigenvalue weighted by Crippen LogP contribution is -2.54. The molecule has 4 aromatic rings. The summed E-state index contributed by atoms with van der Waals surface area (Å²) in [6, 6.07) is 19.1. The van der Waals surface area contributed by atoms with Gasteiger partial charge in [-0.15, -0.1) is 35.8 Å². The lowest BCUT2D eigenvalue weighted by atomic mass is 10.0. The van der Waals surface area contributed by atoms with Crippen molar-refractivity contribution in [2.24, 2.45) is 0 Å². The molecular weight excluding hydrogens is 536 g/mol. The van der Waals surface area contributed by atoms with E-state index in [1.54, 1.807) is 17.0 Å². The third kappa shape index (κ3) is 6.39. The SMILES string of the molecule is C[C@@H]1CN(c2nnc(-c3ccc(F)cc3)c3ccccc23)CCN1C(=O)Cc1ccc(OC(F)(F)F)cc1.Cl. The van der Waals surface area contributed by atoms with E-state index in [4.69, 9.17) is 0 Å². The highest BCUT2D eigenvalue weighted by molar-refractivity contribution is 6.00. The Labute approximate surface area is 228 Å². The number of carbonyl (C=O) groups excluding carboxylic acids is 1. The van der Waals surface area contributed by atoms with Crippen LogP contribution in [0.15, 0.2) is 72.8 Å². The van der Waals surface area contributed by atoms with Gasteiger partial charge in [0.15, 0.2) is 5.82 Å². The van der Waals surface area contributed by atoms with Crippen molar-refractivity contribution in [1.82, 2.24) is 15.1 Å². The van der Waals surface area contributed by atoms with E-state index in [0.717, 1.165) is 16.3 Å². The standard InChI is InChI=1S/C28H24F4N4O2.ClH/c1-18-17-35(14-15-36(18)25(37)16-19-6-12-22(13-7-19)38-28(30,31)32)27-24-5-3-2-4-23(24)26(33-34-27)20-8-10-21(29)11-9-20;/h2-13,18H,14-17H2,1H3;1H/t18-;/m1./s1. The van der Waals surface area contributed by atoms with Crippen LogP contribution in [0, 0.1) is 5.82 Å². The molecule has 11 heteroatoms. The van der Waals surface area contributed by atoms with E-state index in [1.165, 1.54) is 36.4 Å². The van der Waals surface area contributed by atoms with E-state index in [-0.39, 0.29) is 42.3 Å². The average molecular weight is 561 g/mol. The predicted octanol–water partition coefficient (Wildman–Crippen LogP) is 6.04. The van der Waals surface area contributed by atoms with E-state index in [1.807, 2.05) is 31.2 Å². The topological polar surface area (TPSA) is 58.6 Å². The van der Waals surface area contributed by atoms with Crippen LogP contribution < -0.4 is 9.64 Å². The summed E-state index contributed by atoms with van der Waals surface area (Å²) < 4.78 is 54.5. The second-order valence-corrected chi connectivity index (χ2v) is 9.18. The molecule has 5 rings (SSSR count). The van der Waals surface area contributed by atoms with Crippen LogP contribution in [0.4, 0.5) is 23.4 Å². The summed E-state index contributed by atoms with van der Waals surface area (Å²) >= 11 is 0. The molecule has 0 unspecified atom stereocenters. The van der Waals surface area contributed by atoms with Gasteiger partial charge in [0.05, 0.1) is 6.42 Å². The Bertz CT molecular complexity index is 1450. The van der Waals surface area contributed by atoms with Crippen LogP contribution in [0.3, 0.4) is 0 Å². The first-order valence-corrected chi connectivity index (χ1v) is 12.1. The first kappa shape index (κ1) is 28.1. The van der Waals surface area contributed by atoms with Gasteiger partial charge in [-0.3, -0.25) is 4.79 Å². The first-order chi connectivity index (χ1) is 18.2. The molecule has 1 aromatic heterocycles. The quantitative estimate of drug-likeness (QED) is 0.279. The number of alkyl halides is 3. The summed E-state index contributed by atoms with van der Waals surface area (Å²) in [6.45, 7) is 3.50. The van der Waals surface area contributed by atoms with Gasteiger partial charge in [-0.2, -0.15) is 0 Å². The second kappa shape index (κ2) is 11.4. The molecule has 0 aliphatic carbocycles. The van der Waals surface area contributed by atoms with E-state index >= 15 is 0 Å². The zero-order chi connectivity index (χ0) is 26.9. The highest BCUT2D eigenvalue weighted by atomic mass is 35.5. The van der Waals surface area contributed by atoms with Crippen molar-refractivity contribution >= 4 is 34.9 Å². The Kier molecular flexibility index (Phi) is 8.25. The van der Waals surface area contributed by atoms with Gasteiger partial charge < -0.3 is 14.5 Å². The summed E-state index contributed by atoms with van der Waals surface area (Å²) in [6.07, 6.45) is -4.69. The number of rotatable bonds is 5. The Morgan fingerprint density at radius 1 is 0.949 bits per heavy atom. The summed E-state index contributed by atoms with van der Waals surface area (Å²) in [5.74, 6) is -0.0408. The monoisotopic (exact) mass is 560 g/mol. The number of anilines is 1. The van der Waals surface area contributed by atoms with Crippen molar-refractivity contribution in [3.63, 3.8) is 0 Å². The fourth-order valence-corrected chi connectivity index (χ4v) is 4.75. The van der Waals surface area contributed by atoms with Gasteiger partial charge in [-0.1, -0.05) is 36.4 Å². The third-order valence-electron chi connectivity index (χ3n) is 6.55. The minimum atomic E-state index is -4.76. The van der Waals surface area contributed by atoms with Crippen LogP contribution in [0.5, 0.6) is 5.75 Å². The van der Waals surface area contributed by atoms with Gasteiger partial charge in [0.1, 0.15) is 17.3 Å². The lowest BCUT2D eigenvalue weighted by molar-refractivity contribution is -0.274. The molecule has 0 N–H and O–H groups in total. The molecule has 1 aliphatic rings. The Hall–Kier alpha value is -3.92. The number of fused-ring (bicyclic) bond motifs is 1. The number of hydrogen-bond donors (Lipinski definition) is 0. The van der Waals surface area contributed by atoms with Crippen molar-refractivity contribution in [3.05, 3.63) is 84.2 Å². The fraction of sp³-hybridized carbons (Fsp3) is 0.250. The van der Waals surface area contributed by atoms with E-state index in [2.05, 4.69) is 19.8 Å². The molecule has 1 saturated heterocycles. The maximum absolute atomic E-state index is 13.4. The molecule has 0 spiro atoms. The summed E-state index contributed by atoms with van der Waals surface area (Å²) in [4.78, 5) is 16.9. The van der Waals surface area contributed by atoms with Crippen molar-refractivity contribution < 1.29 is 27.1 Å². The van der Waals surface area contributed by atoms with Crippen LogP contribution in [0.2, 0.25) is 0 Å². The Morgan fingerprint density at radius 2 is 1.62 bits per heavy atom. The molecular formula is C28H25ClF4N4O2. The number of nitrogens with zero attached hydrogens (tertiary/aromatic N) is 4. The summed E-state index contributed by atoms with van der Waals surface area (Å²) in [5, 5.41) is 10.8. The molecule has 0 radical (unpaired) electrons. The highest BCUT2D eigenvalue weighted by Gasteiger charge is 2.31. The molecule has 3 aromatic carbocycles. The summed E-state index contributed by atoms with van der Waals surface area (Å²) in [7, 11) is 0. The number of carbonyl (C=O) groups is 1. The molecule has 1 aliphatic heterocycles. The average Bonchev–Trinajstić information content (AvgIpc) is 2.89. The van der Waals surface area contributed by atoms with Crippen LogP contribution in [-0.4, -0.2) is 53.0 Å². The molecule has 1 fully saturated rings. The first-order valence-electron chi connectivity index (χ1n) is 12.1. The minimum Gasteiger partial charge on any atom is -0.406 e. The Morgan fingerprint density at radius 3 is 2.26 bits per heavy atom. The normalized spacial score (nSPS) is 15.7. The number of benzene rings is 3.